The molecule has 0 heterocycles. The first-order valence-electron chi connectivity index (χ1n) is 5.15. The zero-order chi connectivity index (χ0) is 12.5. The van der Waals surface area contributed by atoms with Crippen LogP contribution in [0.25, 0.3) is 0 Å². The zero-order valence-corrected chi connectivity index (χ0v) is 10.4. The number of methoxy groups -OCH3 is 1. The normalized spacial score (nSPS) is 12.4. The minimum atomic E-state index is -2.52. The van der Waals surface area contributed by atoms with E-state index in [1.807, 2.05) is 12.1 Å². The lowest BCUT2D eigenvalue weighted by Gasteiger charge is -2.08. The molecule has 0 spiro atoms. The predicted molar refractivity (Wildman–Crippen MR) is 62.4 cm³/mol. The van der Waals surface area contributed by atoms with Crippen LogP contribution < -0.4 is 4.18 Å². The standard InChI is InChI=1S/C11H16O5S/c1-14-8-9-15-7-6-10-2-4-11(5-3-10)16-17(12)13/h2-5H,6-9H2,1H3,(H,12,13)/p-1. The molecule has 0 radical (unpaired) electrons. The van der Waals surface area contributed by atoms with E-state index >= 15 is 0 Å². The minimum Gasteiger partial charge on any atom is -0.740 e. The van der Waals surface area contributed by atoms with Crippen molar-refractivity contribution in [1.82, 2.24) is 0 Å². The highest BCUT2D eigenvalue weighted by Crippen LogP contribution is 2.13. The van der Waals surface area contributed by atoms with Gasteiger partial charge in [0, 0.05) is 7.11 Å². The van der Waals surface area contributed by atoms with Gasteiger partial charge in [0.2, 0.25) is 0 Å². The predicted octanol–water partition coefficient (Wildman–Crippen LogP) is 1.06. The molecule has 6 heteroatoms. The fourth-order valence-electron chi connectivity index (χ4n) is 1.22. The highest BCUT2D eigenvalue weighted by molar-refractivity contribution is 7.74. The maximum absolute atomic E-state index is 10.3. The first-order valence-corrected chi connectivity index (χ1v) is 6.15. The summed E-state index contributed by atoms with van der Waals surface area (Å²) in [6, 6.07) is 6.84. The topological polar surface area (TPSA) is 67.8 Å². The molecule has 1 atom stereocenters. The lowest BCUT2D eigenvalue weighted by molar-refractivity contribution is 0.0722. The van der Waals surface area contributed by atoms with E-state index in [1.165, 1.54) is 0 Å². The third-order valence-electron chi connectivity index (χ3n) is 2.05. The van der Waals surface area contributed by atoms with Crippen molar-refractivity contribution in [2.24, 2.45) is 0 Å². The van der Waals surface area contributed by atoms with E-state index < -0.39 is 11.4 Å². The van der Waals surface area contributed by atoms with E-state index in [-0.39, 0.29) is 0 Å². The Kier molecular flexibility index (Phi) is 6.80. The lowest BCUT2D eigenvalue weighted by Crippen LogP contribution is -2.05. The molecule has 17 heavy (non-hydrogen) atoms. The second kappa shape index (κ2) is 8.19. The van der Waals surface area contributed by atoms with Crippen LogP contribution in [0.1, 0.15) is 5.56 Å². The van der Waals surface area contributed by atoms with Gasteiger partial charge >= 0.3 is 0 Å². The Labute approximate surface area is 103 Å². The van der Waals surface area contributed by atoms with Crippen molar-refractivity contribution in [3.63, 3.8) is 0 Å². The Hall–Kier alpha value is -0.950. The minimum absolute atomic E-state index is 0.308. The van der Waals surface area contributed by atoms with Crippen molar-refractivity contribution in [3.8, 4) is 5.75 Å². The fourth-order valence-corrected chi connectivity index (χ4v) is 1.49. The number of hydrogen-bond acceptors (Lipinski definition) is 5. The molecule has 0 aliphatic carbocycles. The van der Waals surface area contributed by atoms with E-state index in [2.05, 4.69) is 4.18 Å². The van der Waals surface area contributed by atoms with Crippen LogP contribution in [0, 0.1) is 0 Å². The van der Waals surface area contributed by atoms with Gasteiger partial charge in [-0.25, -0.2) is 4.21 Å². The molecule has 0 bridgehead atoms. The molecule has 0 N–H and O–H groups in total. The summed E-state index contributed by atoms with van der Waals surface area (Å²) in [4.78, 5) is 0. The number of rotatable bonds is 8. The van der Waals surface area contributed by atoms with Crippen LogP contribution in [-0.4, -0.2) is 35.7 Å². The Morgan fingerprint density at radius 3 is 2.47 bits per heavy atom. The van der Waals surface area contributed by atoms with Crippen LogP contribution in [0.2, 0.25) is 0 Å². The van der Waals surface area contributed by atoms with Crippen molar-refractivity contribution >= 4 is 11.4 Å². The molecule has 0 aromatic heterocycles. The maximum atomic E-state index is 10.3. The van der Waals surface area contributed by atoms with Crippen molar-refractivity contribution in [1.29, 1.82) is 0 Å². The Morgan fingerprint density at radius 1 is 1.18 bits per heavy atom. The molecular weight excluding hydrogens is 244 g/mol. The molecule has 0 amide bonds. The molecule has 0 saturated heterocycles. The summed E-state index contributed by atoms with van der Waals surface area (Å²) in [5, 5.41) is 0. The van der Waals surface area contributed by atoms with Gasteiger partial charge < -0.3 is 18.2 Å². The monoisotopic (exact) mass is 259 g/mol. The average molecular weight is 259 g/mol. The van der Waals surface area contributed by atoms with Crippen LogP contribution in [-0.2, 0) is 27.3 Å². The number of benzene rings is 1. The summed E-state index contributed by atoms with van der Waals surface area (Å²) in [6.45, 7) is 1.77. The molecule has 5 nitrogen and oxygen atoms in total. The highest BCUT2D eigenvalue weighted by atomic mass is 32.2. The molecule has 1 rings (SSSR count). The summed E-state index contributed by atoms with van der Waals surface area (Å²) < 4.78 is 35.2. The summed E-state index contributed by atoms with van der Waals surface area (Å²) in [5.41, 5.74) is 1.06. The molecule has 0 aliphatic heterocycles. The molecule has 1 aromatic rings. The van der Waals surface area contributed by atoms with Crippen LogP contribution in [0.15, 0.2) is 24.3 Å². The average Bonchev–Trinajstić information content (AvgIpc) is 2.30. The van der Waals surface area contributed by atoms with E-state index in [1.54, 1.807) is 19.2 Å². The van der Waals surface area contributed by atoms with Crippen molar-refractivity contribution in [3.05, 3.63) is 29.8 Å². The van der Waals surface area contributed by atoms with Crippen LogP contribution in [0.5, 0.6) is 5.75 Å². The van der Waals surface area contributed by atoms with Gasteiger partial charge in [0.05, 0.1) is 19.8 Å². The summed E-state index contributed by atoms with van der Waals surface area (Å²) in [5.74, 6) is 0.308. The molecule has 96 valence electrons. The number of ether oxygens (including phenoxy) is 2. The van der Waals surface area contributed by atoms with E-state index in [9.17, 15) is 8.76 Å². The Morgan fingerprint density at radius 2 is 1.88 bits per heavy atom. The molecule has 1 aromatic carbocycles. The van der Waals surface area contributed by atoms with E-state index in [0.717, 1.165) is 12.0 Å². The molecule has 0 fully saturated rings. The van der Waals surface area contributed by atoms with Gasteiger partial charge in [0.25, 0.3) is 0 Å². The maximum Gasteiger partial charge on any atom is 0.139 e. The summed E-state index contributed by atoms with van der Waals surface area (Å²) in [6.07, 6.45) is 0.768. The van der Waals surface area contributed by atoms with E-state index in [4.69, 9.17) is 9.47 Å². The van der Waals surface area contributed by atoms with Gasteiger partial charge in [-0.3, -0.25) is 0 Å². The van der Waals surface area contributed by atoms with Gasteiger partial charge in [-0.2, -0.15) is 0 Å². The molecule has 0 saturated carbocycles. The van der Waals surface area contributed by atoms with Crippen molar-refractivity contribution in [2.75, 3.05) is 26.9 Å². The first-order chi connectivity index (χ1) is 8.22. The van der Waals surface area contributed by atoms with Gasteiger partial charge in [-0.15, -0.1) is 0 Å². The van der Waals surface area contributed by atoms with Gasteiger partial charge in [-0.1, -0.05) is 12.1 Å². The van der Waals surface area contributed by atoms with Crippen LogP contribution in [0.3, 0.4) is 0 Å². The largest absolute Gasteiger partial charge is 0.740 e. The SMILES string of the molecule is COCCOCCc1ccc(OS(=O)[O-])cc1. The zero-order valence-electron chi connectivity index (χ0n) is 9.59. The second-order valence-corrected chi connectivity index (χ2v) is 3.86. The van der Waals surface area contributed by atoms with Crippen LogP contribution in [0.4, 0.5) is 0 Å². The van der Waals surface area contributed by atoms with Gasteiger partial charge in [-0.05, 0) is 24.1 Å². The van der Waals surface area contributed by atoms with Crippen LogP contribution >= 0.6 is 0 Å². The Balaban J connectivity index is 2.28. The molecular formula is C11H15O5S-. The summed E-state index contributed by atoms with van der Waals surface area (Å²) >= 11 is -2.52. The number of hydrogen-bond donors (Lipinski definition) is 0. The van der Waals surface area contributed by atoms with Crippen molar-refractivity contribution in [2.45, 2.75) is 6.42 Å². The highest BCUT2D eigenvalue weighted by Gasteiger charge is 1.96. The smallest absolute Gasteiger partial charge is 0.139 e. The lowest BCUT2D eigenvalue weighted by atomic mass is 10.1. The first kappa shape index (κ1) is 14.1. The molecule has 1 unspecified atom stereocenters. The second-order valence-electron chi connectivity index (χ2n) is 3.29. The van der Waals surface area contributed by atoms with Gasteiger partial charge in [0.1, 0.15) is 17.1 Å². The van der Waals surface area contributed by atoms with Gasteiger partial charge in [0.15, 0.2) is 0 Å². The third-order valence-corrected chi connectivity index (χ3v) is 2.38. The quantitative estimate of drug-likeness (QED) is 0.516. The summed E-state index contributed by atoms with van der Waals surface area (Å²) in [7, 11) is 1.63. The third kappa shape index (κ3) is 6.38. The molecule has 0 aliphatic rings. The van der Waals surface area contributed by atoms with E-state index in [0.29, 0.717) is 25.6 Å². The fraction of sp³-hybridized carbons (Fsp3) is 0.455. The van der Waals surface area contributed by atoms with Crippen molar-refractivity contribution < 1.29 is 22.4 Å². The Bertz CT molecular complexity index is 338.